The molecular formula is C27H22N4O4S. The third kappa shape index (κ3) is 4.18. The zero-order chi connectivity index (χ0) is 24.6. The number of carbonyl (C=O) groups excluding carboxylic acids is 1. The fourth-order valence-electron chi connectivity index (χ4n) is 4.35. The summed E-state index contributed by atoms with van der Waals surface area (Å²) in [4.78, 5) is 26.2. The van der Waals surface area contributed by atoms with E-state index >= 15 is 0 Å². The van der Waals surface area contributed by atoms with Crippen molar-refractivity contribution in [1.29, 1.82) is 0 Å². The first-order valence-corrected chi connectivity index (χ1v) is 12.3. The normalized spacial score (nSPS) is 14.4. The molecule has 6 rings (SSSR count). The van der Waals surface area contributed by atoms with Gasteiger partial charge in [-0.3, -0.25) is 0 Å². The maximum absolute atomic E-state index is 12.2. The number of ether oxygens (including phenoxy) is 3. The van der Waals surface area contributed by atoms with Gasteiger partial charge in [0.2, 0.25) is 5.88 Å². The molecule has 8 nitrogen and oxygen atoms in total. The molecule has 180 valence electrons. The fraction of sp³-hybridized carbons (Fsp3) is 0.185. The van der Waals surface area contributed by atoms with Gasteiger partial charge in [0.15, 0.2) is 0 Å². The number of aromatic nitrogens is 3. The Kier molecular flexibility index (Phi) is 5.61. The highest BCUT2D eigenvalue weighted by atomic mass is 32.1. The smallest absolute Gasteiger partial charge is 0.412 e. The summed E-state index contributed by atoms with van der Waals surface area (Å²) in [5, 5.41) is 3.67. The third-order valence-electron chi connectivity index (χ3n) is 5.98. The minimum Gasteiger partial charge on any atom is -0.488 e. The van der Waals surface area contributed by atoms with Crippen LogP contribution in [-0.2, 0) is 6.42 Å². The Morgan fingerprint density at radius 3 is 2.83 bits per heavy atom. The number of hydrogen-bond acceptors (Lipinski definition) is 8. The van der Waals surface area contributed by atoms with Crippen LogP contribution < -0.4 is 19.5 Å². The minimum absolute atomic E-state index is 0.183. The van der Waals surface area contributed by atoms with Crippen molar-refractivity contribution >= 4 is 38.7 Å². The number of nitrogens with one attached hydrogen (secondary N) is 1. The first-order valence-electron chi connectivity index (χ1n) is 11.5. The molecule has 0 spiro atoms. The lowest BCUT2D eigenvalue weighted by Gasteiger charge is -2.12. The lowest BCUT2D eigenvalue weighted by atomic mass is 10.1. The largest absolute Gasteiger partial charge is 0.488 e. The van der Waals surface area contributed by atoms with Gasteiger partial charge in [0.25, 0.3) is 0 Å². The molecule has 0 saturated heterocycles. The topological polar surface area (TPSA) is 95.5 Å². The lowest BCUT2D eigenvalue weighted by Crippen LogP contribution is -2.36. The number of hydrogen-bond donors (Lipinski definition) is 1. The highest BCUT2D eigenvalue weighted by Crippen LogP contribution is 2.41. The van der Waals surface area contributed by atoms with Crippen molar-refractivity contribution in [2.24, 2.45) is 0 Å². The zero-order valence-corrected chi connectivity index (χ0v) is 20.5. The SMILES string of the molecule is COc1cnc2c(-c3nc4ccc5c(c4s3)CC(CNC(=O)Oc3ccccc3)O5)cc(C)cc2n1. The van der Waals surface area contributed by atoms with Crippen molar-refractivity contribution in [3.63, 3.8) is 0 Å². The molecule has 0 radical (unpaired) electrons. The quantitative estimate of drug-likeness (QED) is 0.351. The van der Waals surface area contributed by atoms with Crippen LogP contribution in [0, 0.1) is 6.92 Å². The molecule has 1 amide bonds. The Hall–Kier alpha value is -4.24. The Balaban J connectivity index is 1.24. The van der Waals surface area contributed by atoms with E-state index in [4.69, 9.17) is 19.2 Å². The summed E-state index contributed by atoms with van der Waals surface area (Å²) in [5.74, 6) is 1.79. The van der Waals surface area contributed by atoms with Crippen molar-refractivity contribution < 1.29 is 19.0 Å². The van der Waals surface area contributed by atoms with Crippen molar-refractivity contribution in [2.75, 3.05) is 13.7 Å². The van der Waals surface area contributed by atoms with E-state index in [1.165, 1.54) is 0 Å². The lowest BCUT2D eigenvalue weighted by molar-refractivity contribution is 0.186. The average molecular weight is 499 g/mol. The maximum Gasteiger partial charge on any atom is 0.412 e. The summed E-state index contributed by atoms with van der Waals surface area (Å²) in [7, 11) is 1.58. The van der Waals surface area contributed by atoms with Gasteiger partial charge < -0.3 is 19.5 Å². The molecule has 5 aromatic rings. The van der Waals surface area contributed by atoms with Crippen LogP contribution in [0.4, 0.5) is 4.79 Å². The Morgan fingerprint density at radius 2 is 2.00 bits per heavy atom. The summed E-state index contributed by atoms with van der Waals surface area (Å²) in [6.45, 7) is 2.37. The molecule has 3 heterocycles. The Labute approximate surface area is 210 Å². The second kappa shape index (κ2) is 9.09. The predicted octanol–water partition coefficient (Wildman–Crippen LogP) is 5.32. The van der Waals surface area contributed by atoms with Crippen LogP contribution in [0.2, 0.25) is 0 Å². The summed E-state index contributed by atoms with van der Waals surface area (Å²) < 4.78 is 17.7. The molecular weight excluding hydrogens is 476 g/mol. The average Bonchev–Trinajstić information content (AvgIpc) is 3.51. The summed E-state index contributed by atoms with van der Waals surface area (Å²) >= 11 is 1.62. The van der Waals surface area contributed by atoms with E-state index in [9.17, 15) is 4.79 Å². The van der Waals surface area contributed by atoms with Gasteiger partial charge in [0.05, 0.1) is 41.1 Å². The number of methoxy groups -OCH3 is 1. The van der Waals surface area contributed by atoms with Gasteiger partial charge in [-0.05, 0) is 48.9 Å². The fourth-order valence-corrected chi connectivity index (χ4v) is 5.48. The van der Waals surface area contributed by atoms with E-state index < -0.39 is 6.09 Å². The van der Waals surface area contributed by atoms with Crippen LogP contribution in [-0.4, -0.2) is 40.8 Å². The van der Waals surface area contributed by atoms with E-state index in [0.717, 1.165) is 48.7 Å². The number of fused-ring (bicyclic) bond motifs is 4. The van der Waals surface area contributed by atoms with Gasteiger partial charge in [0, 0.05) is 17.5 Å². The summed E-state index contributed by atoms with van der Waals surface area (Å²) in [6, 6.07) is 17.0. The highest BCUT2D eigenvalue weighted by Gasteiger charge is 2.27. The molecule has 1 atom stereocenters. The van der Waals surface area contributed by atoms with Crippen molar-refractivity contribution in [1.82, 2.24) is 20.3 Å². The van der Waals surface area contributed by atoms with E-state index in [1.807, 2.05) is 43.3 Å². The van der Waals surface area contributed by atoms with Gasteiger partial charge in [-0.25, -0.2) is 19.7 Å². The van der Waals surface area contributed by atoms with Gasteiger partial charge in [-0.15, -0.1) is 11.3 Å². The molecule has 0 bridgehead atoms. The van der Waals surface area contributed by atoms with Crippen LogP contribution in [0.1, 0.15) is 11.1 Å². The monoisotopic (exact) mass is 498 g/mol. The van der Waals surface area contributed by atoms with Gasteiger partial charge in [-0.2, -0.15) is 0 Å². The molecule has 1 aliphatic heterocycles. The van der Waals surface area contributed by atoms with Crippen LogP contribution >= 0.6 is 11.3 Å². The standard InChI is InChI=1S/C27H22N4O4S/c1-15-10-19(24-21(11-15)30-23(33-2)14-28-24)26-31-20-8-9-22-18(25(20)36-26)12-17(34-22)13-29-27(32)35-16-6-4-3-5-7-16/h3-11,14,17H,12-13H2,1-2H3,(H,29,32). The minimum atomic E-state index is -0.505. The molecule has 1 N–H and O–H groups in total. The van der Waals surface area contributed by atoms with Crippen molar-refractivity contribution in [2.45, 2.75) is 19.4 Å². The highest BCUT2D eigenvalue weighted by molar-refractivity contribution is 7.22. The van der Waals surface area contributed by atoms with Gasteiger partial charge >= 0.3 is 6.09 Å². The van der Waals surface area contributed by atoms with E-state index in [1.54, 1.807) is 36.8 Å². The molecule has 0 fully saturated rings. The first kappa shape index (κ1) is 22.2. The maximum atomic E-state index is 12.2. The molecule has 9 heteroatoms. The van der Waals surface area contributed by atoms with Crippen LogP contribution in [0.15, 0.2) is 60.8 Å². The van der Waals surface area contributed by atoms with Gasteiger partial charge in [0.1, 0.15) is 22.6 Å². The summed E-state index contributed by atoms with van der Waals surface area (Å²) in [5.41, 5.74) is 5.57. The van der Waals surface area contributed by atoms with E-state index in [0.29, 0.717) is 24.6 Å². The number of amides is 1. The molecule has 1 aliphatic rings. The Morgan fingerprint density at radius 1 is 1.14 bits per heavy atom. The van der Waals surface area contributed by atoms with Crippen molar-refractivity contribution in [3.05, 3.63) is 71.9 Å². The number of rotatable bonds is 5. The van der Waals surface area contributed by atoms with E-state index in [2.05, 4.69) is 21.4 Å². The molecule has 0 saturated carbocycles. The van der Waals surface area contributed by atoms with Crippen LogP contribution in [0.3, 0.4) is 0 Å². The van der Waals surface area contributed by atoms with Gasteiger partial charge in [-0.1, -0.05) is 18.2 Å². The number of carbonyl (C=O) groups is 1. The van der Waals surface area contributed by atoms with Crippen LogP contribution in [0.25, 0.3) is 31.8 Å². The number of aryl methyl sites for hydroxylation is 1. The summed E-state index contributed by atoms with van der Waals surface area (Å²) in [6.07, 6.45) is 1.61. The predicted molar refractivity (Wildman–Crippen MR) is 138 cm³/mol. The third-order valence-corrected chi connectivity index (χ3v) is 7.14. The van der Waals surface area contributed by atoms with Crippen LogP contribution in [0.5, 0.6) is 17.4 Å². The molecule has 36 heavy (non-hydrogen) atoms. The number of benzene rings is 3. The number of nitrogens with zero attached hydrogens (tertiary/aromatic N) is 3. The number of para-hydroxylation sites is 1. The number of thiazole rings is 1. The first-order chi connectivity index (χ1) is 17.6. The second-order valence-corrected chi connectivity index (χ2v) is 9.53. The molecule has 3 aromatic carbocycles. The van der Waals surface area contributed by atoms with E-state index in [-0.39, 0.29) is 6.10 Å². The molecule has 0 aliphatic carbocycles. The zero-order valence-electron chi connectivity index (χ0n) is 19.6. The second-order valence-electron chi connectivity index (χ2n) is 8.53. The van der Waals surface area contributed by atoms with Crippen molar-refractivity contribution in [3.8, 4) is 28.0 Å². The Bertz CT molecular complexity index is 1600. The molecule has 2 aromatic heterocycles. The molecule has 1 unspecified atom stereocenters.